The van der Waals surface area contributed by atoms with Gasteiger partial charge in [-0.15, -0.1) is 0 Å². The number of aromatic nitrogens is 2. The van der Waals surface area contributed by atoms with Crippen molar-refractivity contribution in [3.8, 4) is 0 Å². The van der Waals surface area contributed by atoms with Gasteiger partial charge in [-0.05, 0) is 24.6 Å². The van der Waals surface area contributed by atoms with Crippen LogP contribution in [0.15, 0.2) is 28.7 Å². The summed E-state index contributed by atoms with van der Waals surface area (Å²) >= 11 is 3.37. The highest BCUT2D eigenvalue weighted by Gasteiger charge is 2.35. The molecule has 1 aromatic carbocycles. The van der Waals surface area contributed by atoms with Crippen LogP contribution < -0.4 is 10.6 Å². The summed E-state index contributed by atoms with van der Waals surface area (Å²) in [5, 5.41) is 5.42. The van der Waals surface area contributed by atoms with Gasteiger partial charge in [0, 0.05) is 23.3 Å². The van der Waals surface area contributed by atoms with Crippen molar-refractivity contribution < 1.29 is 13.2 Å². The van der Waals surface area contributed by atoms with Crippen LogP contribution in [0.3, 0.4) is 0 Å². The second kappa shape index (κ2) is 5.88. The third kappa shape index (κ3) is 3.84. The molecule has 8 heteroatoms. The van der Waals surface area contributed by atoms with Crippen molar-refractivity contribution in [3.05, 3.63) is 40.1 Å². The summed E-state index contributed by atoms with van der Waals surface area (Å²) in [5.41, 5.74) is 1.65. The number of nitrogens with one attached hydrogen (secondary N) is 2. The van der Waals surface area contributed by atoms with E-state index in [1.54, 1.807) is 12.1 Å². The fourth-order valence-electron chi connectivity index (χ4n) is 1.58. The van der Waals surface area contributed by atoms with E-state index in [9.17, 15) is 13.2 Å². The maximum absolute atomic E-state index is 12.8. The highest BCUT2D eigenvalue weighted by Crippen LogP contribution is 2.29. The number of nitrogens with zero attached hydrogens (tertiary/aromatic N) is 2. The summed E-state index contributed by atoms with van der Waals surface area (Å²) in [6.45, 7) is 1.92. The van der Waals surface area contributed by atoms with Crippen molar-refractivity contribution in [2.24, 2.45) is 0 Å². The second-order valence-corrected chi connectivity index (χ2v) is 5.15. The van der Waals surface area contributed by atoms with E-state index < -0.39 is 12.0 Å². The normalized spacial score (nSPS) is 11.3. The van der Waals surface area contributed by atoms with Crippen LogP contribution in [0.5, 0.6) is 0 Å². The zero-order chi connectivity index (χ0) is 15.6. The summed E-state index contributed by atoms with van der Waals surface area (Å²) in [4.78, 5) is 6.90. The number of rotatable bonds is 3. The van der Waals surface area contributed by atoms with E-state index in [1.807, 2.05) is 13.0 Å². The van der Waals surface area contributed by atoms with Gasteiger partial charge in [-0.2, -0.15) is 13.2 Å². The monoisotopic (exact) mass is 360 g/mol. The first-order chi connectivity index (χ1) is 9.79. The van der Waals surface area contributed by atoms with Crippen LogP contribution in [0.1, 0.15) is 11.4 Å². The standard InChI is InChI=1S/C13H12BrF3N4/c1-7-3-4-8(5-9(7)14)19-11-6-10(18-2)20-12(21-11)13(15,16)17/h3-6H,1-2H3,(H2,18,19,20,21). The Hall–Kier alpha value is -1.83. The Labute approximate surface area is 127 Å². The summed E-state index contributed by atoms with van der Waals surface area (Å²) < 4.78 is 39.1. The molecule has 0 radical (unpaired) electrons. The lowest BCUT2D eigenvalue weighted by atomic mass is 10.2. The average molecular weight is 361 g/mol. The molecule has 2 N–H and O–H groups in total. The molecule has 0 atom stereocenters. The van der Waals surface area contributed by atoms with Gasteiger partial charge in [-0.25, -0.2) is 9.97 Å². The maximum Gasteiger partial charge on any atom is 0.451 e. The van der Waals surface area contributed by atoms with Gasteiger partial charge >= 0.3 is 6.18 Å². The SMILES string of the molecule is CNc1cc(Nc2ccc(C)c(Br)c2)nc(C(F)(F)F)n1. The van der Waals surface area contributed by atoms with E-state index in [1.165, 1.54) is 13.1 Å². The number of hydrogen-bond acceptors (Lipinski definition) is 4. The number of anilines is 3. The molecule has 112 valence electrons. The minimum Gasteiger partial charge on any atom is -0.373 e. The first-order valence-electron chi connectivity index (χ1n) is 5.97. The molecule has 4 nitrogen and oxygen atoms in total. The van der Waals surface area contributed by atoms with E-state index in [0.29, 0.717) is 5.69 Å². The molecule has 0 saturated heterocycles. The molecule has 2 rings (SSSR count). The van der Waals surface area contributed by atoms with Gasteiger partial charge in [0.25, 0.3) is 0 Å². The lowest BCUT2D eigenvalue weighted by molar-refractivity contribution is -0.144. The Bertz CT molecular complexity index is 658. The molecule has 0 aliphatic carbocycles. The molecule has 21 heavy (non-hydrogen) atoms. The van der Waals surface area contributed by atoms with E-state index in [4.69, 9.17) is 0 Å². The number of hydrogen-bond donors (Lipinski definition) is 2. The zero-order valence-corrected chi connectivity index (χ0v) is 12.8. The van der Waals surface area contributed by atoms with Crippen molar-refractivity contribution in [2.45, 2.75) is 13.1 Å². The number of halogens is 4. The highest BCUT2D eigenvalue weighted by atomic mass is 79.9. The third-order valence-corrected chi connectivity index (χ3v) is 3.53. The topological polar surface area (TPSA) is 49.8 Å². The van der Waals surface area contributed by atoms with E-state index in [2.05, 4.69) is 36.5 Å². The van der Waals surface area contributed by atoms with Crippen molar-refractivity contribution in [3.63, 3.8) is 0 Å². The zero-order valence-electron chi connectivity index (χ0n) is 11.2. The van der Waals surface area contributed by atoms with Crippen molar-refractivity contribution in [2.75, 3.05) is 17.7 Å². The smallest absolute Gasteiger partial charge is 0.373 e. The summed E-state index contributed by atoms with van der Waals surface area (Å²) in [5.74, 6) is -1.04. The Kier molecular flexibility index (Phi) is 4.36. The fraction of sp³-hybridized carbons (Fsp3) is 0.231. The van der Waals surface area contributed by atoms with E-state index in [0.717, 1.165) is 10.0 Å². The number of alkyl halides is 3. The van der Waals surface area contributed by atoms with E-state index in [-0.39, 0.29) is 11.6 Å². The minimum absolute atomic E-state index is 0.0671. The Balaban J connectivity index is 2.36. The quantitative estimate of drug-likeness (QED) is 0.854. The molecule has 0 saturated carbocycles. The van der Waals surface area contributed by atoms with Crippen LogP contribution in [0.4, 0.5) is 30.5 Å². The Morgan fingerprint density at radius 2 is 1.76 bits per heavy atom. The molecule has 0 fully saturated rings. The fourth-order valence-corrected chi connectivity index (χ4v) is 1.96. The number of benzene rings is 1. The predicted molar refractivity (Wildman–Crippen MR) is 78.7 cm³/mol. The minimum atomic E-state index is -4.60. The average Bonchev–Trinajstić information content (AvgIpc) is 2.41. The van der Waals surface area contributed by atoms with Crippen LogP contribution in [-0.2, 0) is 6.18 Å². The Morgan fingerprint density at radius 3 is 2.33 bits per heavy atom. The van der Waals surface area contributed by atoms with Crippen molar-refractivity contribution >= 4 is 33.3 Å². The predicted octanol–water partition coefficient (Wildman–Crippen LogP) is 4.35. The molecule has 1 aromatic heterocycles. The molecule has 0 aliphatic rings. The molecule has 0 aliphatic heterocycles. The molecule has 0 unspecified atom stereocenters. The van der Waals surface area contributed by atoms with Crippen LogP contribution >= 0.6 is 15.9 Å². The molecule has 1 heterocycles. The van der Waals surface area contributed by atoms with Gasteiger partial charge in [0.1, 0.15) is 11.6 Å². The number of aryl methyl sites for hydroxylation is 1. The highest BCUT2D eigenvalue weighted by molar-refractivity contribution is 9.10. The van der Waals surface area contributed by atoms with Gasteiger partial charge in [0.15, 0.2) is 0 Å². The largest absolute Gasteiger partial charge is 0.451 e. The summed E-state index contributed by atoms with van der Waals surface area (Å²) in [6.07, 6.45) is -4.60. The molecule has 0 bridgehead atoms. The van der Waals surface area contributed by atoms with Gasteiger partial charge < -0.3 is 10.6 Å². The second-order valence-electron chi connectivity index (χ2n) is 4.30. The molecule has 0 spiro atoms. The molecular weight excluding hydrogens is 349 g/mol. The molecular formula is C13H12BrF3N4. The summed E-state index contributed by atoms with van der Waals surface area (Å²) in [6, 6.07) is 6.78. The molecule has 0 amide bonds. The summed E-state index contributed by atoms with van der Waals surface area (Å²) in [7, 11) is 1.49. The van der Waals surface area contributed by atoms with Crippen LogP contribution in [0.2, 0.25) is 0 Å². The van der Waals surface area contributed by atoms with Gasteiger partial charge in [0.2, 0.25) is 5.82 Å². The lowest BCUT2D eigenvalue weighted by Crippen LogP contribution is -2.13. The van der Waals surface area contributed by atoms with Gasteiger partial charge in [0.05, 0.1) is 0 Å². The van der Waals surface area contributed by atoms with Gasteiger partial charge in [-0.3, -0.25) is 0 Å². The first-order valence-corrected chi connectivity index (χ1v) is 6.76. The van der Waals surface area contributed by atoms with Crippen molar-refractivity contribution in [1.82, 2.24) is 9.97 Å². The van der Waals surface area contributed by atoms with Crippen LogP contribution in [0, 0.1) is 6.92 Å². The lowest BCUT2D eigenvalue weighted by Gasteiger charge is -2.12. The maximum atomic E-state index is 12.8. The molecule has 2 aromatic rings. The van der Waals surface area contributed by atoms with Gasteiger partial charge in [-0.1, -0.05) is 22.0 Å². The first kappa shape index (κ1) is 15.6. The van der Waals surface area contributed by atoms with Crippen LogP contribution in [0.25, 0.3) is 0 Å². The third-order valence-electron chi connectivity index (χ3n) is 2.68. The van der Waals surface area contributed by atoms with E-state index >= 15 is 0 Å². The van der Waals surface area contributed by atoms with Crippen LogP contribution in [-0.4, -0.2) is 17.0 Å². The van der Waals surface area contributed by atoms with Crippen molar-refractivity contribution in [1.29, 1.82) is 0 Å². The Morgan fingerprint density at radius 1 is 1.10 bits per heavy atom.